The van der Waals surface area contributed by atoms with Gasteiger partial charge in [0.15, 0.2) is 0 Å². The van der Waals surface area contributed by atoms with Crippen LogP contribution < -0.4 is 10.6 Å². The predicted molar refractivity (Wildman–Crippen MR) is 64.6 cm³/mol. The minimum atomic E-state index is -0.191. The lowest BCUT2D eigenvalue weighted by atomic mass is 10.3. The van der Waals surface area contributed by atoms with Crippen LogP contribution in [0.4, 0.5) is 0 Å². The third kappa shape index (κ3) is 3.43. The third-order valence-electron chi connectivity index (χ3n) is 2.40. The largest absolute Gasteiger partial charge is 0.352 e. The Morgan fingerprint density at radius 2 is 2.50 bits per heavy atom. The molecular formula is C10H14ClN3OS. The van der Waals surface area contributed by atoms with Gasteiger partial charge < -0.3 is 5.32 Å². The number of aromatic nitrogens is 1. The van der Waals surface area contributed by atoms with Crippen molar-refractivity contribution in [3.8, 4) is 0 Å². The molecule has 1 aliphatic rings. The van der Waals surface area contributed by atoms with Crippen molar-refractivity contribution in [2.45, 2.75) is 38.4 Å². The number of hydrogen-bond acceptors (Lipinski definition) is 4. The summed E-state index contributed by atoms with van der Waals surface area (Å²) in [5.74, 6) is 0.0603. The van der Waals surface area contributed by atoms with Gasteiger partial charge in [-0.3, -0.25) is 10.1 Å². The molecule has 4 nitrogen and oxygen atoms in total. The maximum absolute atomic E-state index is 11.6. The maximum atomic E-state index is 11.6. The SMILES string of the molecule is CC(NCc1ncc(Cl)s1)C(=O)NC1CC1. The number of nitrogens with zero attached hydrogens (tertiary/aromatic N) is 1. The van der Waals surface area contributed by atoms with Crippen LogP contribution in [-0.4, -0.2) is 23.0 Å². The van der Waals surface area contributed by atoms with E-state index in [9.17, 15) is 4.79 Å². The summed E-state index contributed by atoms with van der Waals surface area (Å²) in [5.41, 5.74) is 0. The van der Waals surface area contributed by atoms with Crippen molar-refractivity contribution < 1.29 is 4.79 Å². The summed E-state index contributed by atoms with van der Waals surface area (Å²) in [6, 6.07) is 0.217. The molecule has 1 fully saturated rings. The van der Waals surface area contributed by atoms with E-state index >= 15 is 0 Å². The Morgan fingerprint density at radius 1 is 1.75 bits per heavy atom. The Labute approximate surface area is 103 Å². The van der Waals surface area contributed by atoms with Crippen molar-refractivity contribution in [3.05, 3.63) is 15.5 Å². The third-order valence-corrected chi connectivity index (χ3v) is 3.52. The number of nitrogens with one attached hydrogen (secondary N) is 2. The highest BCUT2D eigenvalue weighted by Gasteiger charge is 2.25. The molecule has 1 unspecified atom stereocenters. The molecule has 0 aromatic carbocycles. The Kier molecular flexibility index (Phi) is 3.78. The first-order valence-electron chi connectivity index (χ1n) is 5.29. The maximum Gasteiger partial charge on any atom is 0.237 e. The number of carbonyl (C=O) groups excluding carboxylic acids is 1. The molecule has 0 aliphatic heterocycles. The molecule has 0 saturated heterocycles. The van der Waals surface area contributed by atoms with Crippen molar-refractivity contribution in [1.29, 1.82) is 0 Å². The topological polar surface area (TPSA) is 54.0 Å². The molecule has 6 heteroatoms. The van der Waals surface area contributed by atoms with Gasteiger partial charge in [-0.25, -0.2) is 4.98 Å². The minimum Gasteiger partial charge on any atom is -0.352 e. The number of carbonyl (C=O) groups is 1. The fourth-order valence-electron chi connectivity index (χ4n) is 1.26. The second-order valence-corrected chi connectivity index (χ2v) is 5.69. The predicted octanol–water partition coefficient (Wildman–Crippen LogP) is 1.55. The molecule has 1 atom stereocenters. The molecule has 1 aliphatic carbocycles. The van der Waals surface area contributed by atoms with Crippen LogP contribution >= 0.6 is 22.9 Å². The first kappa shape index (κ1) is 11.8. The fourth-order valence-corrected chi connectivity index (χ4v) is 2.16. The molecule has 1 aromatic heterocycles. The first-order valence-corrected chi connectivity index (χ1v) is 6.48. The van der Waals surface area contributed by atoms with Gasteiger partial charge in [-0.15, -0.1) is 11.3 Å². The van der Waals surface area contributed by atoms with Crippen LogP contribution in [0.5, 0.6) is 0 Å². The molecule has 1 aromatic rings. The Morgan fingerprint density at radius 3 is 3.06 bits per heavy atom. The van der Waals surface area contributed by atoms with Gasteiger partial charge in [0.05, 0.1) is 12.2 Å². The lowest BCUT2D eigenvalue weighted by molar-refractivity contribution is -0.122. The first-order chi connectivity index (χ1) is 7.65. The molecule has 0 radical (unpaired) electrons. The summed E-state index contributed by atoms with van der Waals surface area (Å²) >= 11 is 7.19. The number of halogens is 1. The van der Waals surface area contributed by atoms with Crippen molar-refractivity contribution >= 4 is 28.8 Å². The molecule has 88 valence electrons. The quantitative estimate of drug-likeness (QED) is 0.844. The number of thiazole rings is 1. The summed E-state index contributed by atoms with van der Waals surface area (Å²) < 4.78 is 0.673. The highest BCUT2D eigenvalue weighted by molar-refractivity contribution is 7.15. The Hall–Kier alpha value is -0.650. The van der Waals surface area contributed by atoms with Crippen molar-refractivity contribution in [2.24, 2.45) is 0 Å². The van der Waals surface area contributed by atoms with Crippen LogP contribution in [0, 0.1) is 0 Å². The molecule has 2 N–H and O–H groups in total. The van der Waals surface area contributed by atoms with Crippen molar-refractivity contribution in [2.75, 3.05) is 0 Å². The fraction of sp³-hybridized carbons (Fsp3) is 0.600. The Balaban J connectivity index is 1.73. The monoisotopic (exact) mass is 259 g/mol. The average molecular weight is 260 g/mol. The number of hydrogen-bond donors (Lipinski definition) is 2. The van der Waals surface area contributed by atoms with Gasteiger partial charge in [0.25, 0.3) is 0 Å². The highest BCUT2D eigenvalue weighted by atomic mass is 35.5. The van der Waals surface area contributed by atoms with E-state index in [2.05, 4.69) is 15.6 Å². The van der Waals surface area contributed by atoms with Gasteiger partial charge in [-0.1, -0.05) is 11.6 Å². The molecule has 1 heterocycles. The molecular weight excluding hydrogens is 246 g/mol. The van der Waals surface area contributed by atoms with Gasteiger partial charge in [0.2, 0.25) is 5.91 Å². The molecule has 0 bridgehead atoms. The van der Waals surface area contributed by atoms with Gasteiger partial charge in [0.1, 0.15) is 9.34 Å². The lowest BCUT2D eigenvalue weighted by Crippen LogP contribution is -2.42. The van der Waals surface area contributed by atoms with E-state index in [0.29, 0.717) is 16.9 Å². The second-order valence-electron chi connectivity index (χ2n) is 3.94. The summed E-state index contributed by atoms with van der Waals surface area (Å²) in [4.78, 5) is 15.7. The Bertz CT molecular complexity index is 378. The number of amides is 1. The number of rotatable bonds is 5. The molecule has 0 spiro atoms. The summed E-state index contributed by atoms with van der Waals surface area (Å²) in [6.45, 7) is 2.43. The van der Waals surface area contributed by atoms with Crippen LogP contribution in [-0.2, 0) is 11.3 Å². The zero-order valence-corrected chi connectivity index (χ0v) is 10.6. The van der Waals surface area contributed by atoms with Gasteiger partial charge in [-0.2, -0.15) is 0 Å². The standard InChI is InChI=1S/C10H14ClN3OS/c1-6(10(15)14-7-2-3-7)12-5-9-13-4-8(11)16-9/h4,6-7,12H,2-3,5H2,1H3,(H,14,15). The molecule has 1 saturated carbocycles. The van der Waals surface area contributed by atoms with E-state index in [1.54, 1.807) is 6.20 Å². The van der Waals surface area contributed by atoms with E-state index in [-0.39, 0.29) is 11.9 Å². The van der Waals surface area contributed by atoms with Gasteiger partial charge in [-0.05, 0) is 19.8 Å². The van der Waals surface area contributed by atoms with Crippen LogP contribution in [0.1, 0.15) is 24.8 Å². The van der Waals surface area contributed by atoms with Gasteiger partial charge in [0, 0.05) is 12.6 Å². The minimum absolute atomic E-state index is 0.0603. The van der Waals surface area contributed by atoms with E-state index in [0.717, 1.165) is 17.8 Å². The molecule has 2 rings (SSSR count). The van der Waals surface area contributed by atoms with E-state index in [4.69, 9.17) is 11.6 Å². The lowest BCUT2D eigenvalue weighted by Gasteiger charge is -2.12. The van der Waals surface area contributed by atoms with Crippen LogP contribution in [0.15, 0.2) is 6.20 Å². The zero-order chi connectivity index (χ0) is 11.5. The summed E-state index contributed by atoms with van der Waals surface area (Å²) in [5, 5.41) is 6.97. The second kappa shape index (κ2) is 5.12. The van der Waals surface area contributed by atoms with Crippen LogP contribution in [0.3, 0.4) is 0 Å². The van der Waals surface area contributed by atoms with Crippen molar-refractivity contribution in [3.63, 3.8) is 0 Å². The average Bonchev–Trinajstić information content (AvgIpc) is 2.96. The van der Waals surface area contributed by atoms with E-state index in [1.807, 2.05) is 6.92 Å². The smallest absolute Gasteiger partial charge is 0.237 e. The van der Waals surface area contributed by atoms with Crippen LogP contribution in [0.2, 0.25) is 4.34 Å². The summed E-state index contributed by atoms with van der Waals surface area (Å²) in [7, 11) is 0. The summed E-state index contributed by atoms with van der Waals surface area (Å²) in [6.07, 6.45) is 3.85. The zero-order valence-electron chi connectivity index (χ0n) is 9.00. The van der Waals surface area contributed by atoms with Crippen molar-refractivity contribution in [1.82, 2.24) is 15.6 Å². The molecule has 16 heavy (non-hydrogen) atoms. The van der Waals surface area contributed by atoms with Crippen LogP contribution in [0.25, 0.3) is 0 Å². The normalized spacial score (nSPS) is 17.1. The van der Waals surface area contributed by atoms with E-state index < -0.39 is 0 Å². The molecule has 1 amide bonds. The highest BCUT2D eigenvalue weighted by Crippen LogP contribution is 2.19. The van der Waals surface area contributed by atoms with Gasteiger partial charge >= 0.3 is 0 Å². The van der Waals surface area contributed by atoms with E-state index in [1.165, 1.54) is 11.3 Å².